The summed E-state index contributed by atoms with van der Waals surface area (Å²) in [6, 6.07) is 5.82. The lowest BCUT2D eigenvalue weighted by atomic mass is 10.0. The first-order valence-electron chi connectivity index (χ1n) is 8.80. The van der Waals surface area contributed by atoms with Gasteiger partial charge in [0.2, 0.25) is 0 Å². The van der Waals surface area contributed by atoms with Crippen LogP contribution in [-0.2, 0) is 19.1 Å². The minimum Gasteiger partial charge on any atom is -0.463 e. The van der Waals surface area contributed by atoms with Gasteiger partial charge in [-0.05, 0) is 32.9 Å². The van der Waals surface area contributed by atoms with E-state index in [9.17, 15) is 19.2 Å². The third-order valence-corrected chi connectivity index (χ3v) is 3.92. The zero-order chi connectivity index (χ0) is 20.7. The highest BCUT2D eigenvalue weighted by atomic mass is 16.5. The van der Waals surface area contributed by atoms with Gasteiger partial charge in [-0.15, -0.1) is 0 Å². The van der Waals surface area contributed by atoms with E-state index in [0.29, 0.717) is 5.56 Å². The summed E-state index contributed by atoms with van der Waals surface area (Å²) in [5.41, 5.74) is 1.68. The van der Waals surface area contributed by atoms with Crippen LogP contribution in [0.2, 0.25) is 0 Å². The van der Waals surface area contributed by atoms with Crippen molar-refractivity contribution in [2.45, 2.75) is 26.8 Å². The van der Waals surface area contributed by atoms with Crippen LogP contribution in [0.3, 0.4) is 0 Å². The van der Waals surface area contributed by atoms with Gasteiger partial charge in [0.1, 0.15) is 13.2 Å². The summed E-state index contributed by atoms with van der Waals surface area (Å²) in [6.07, 6.45) is 0. The van der Waals surface area contributed by atoms with Crippen molar-refractivity contribution in [3.63, 3.8) is 0 Å². The molecule has 0 bridgehead atoms. The van der Waals surface area contributed by atoms with Gasteiger partial charge in [-0.1, -0.05) is 17.7 Å². The molecule has 0 spiro atoms. The Morgan fingerprint density at radius 2 is 1.96 bits per heavy atom. The molecule has 9 heteroatoms. The summed E-state index contributed by atoms with van der Waals surface area (Å²) in [5.74, 6) is -1.73. The molecule has 28 heavy (non-hydrogen) atoms. The largest absolute Gasteiger partial charge is 0.463 e. The van der Waals surface area contributed by atoms with Gasteiger partial charge in [0.05, 0.1) is 23.9 Å². The van der Waals surface area contributed by atoms with Crippen LogP contribution in [0, 0.1) is 6.92 Å². The van der Waals surface area contributed by atoms with Crippen molar-refractivity contribution >= 4 is 23.9 Å². The molecule has 0 aromatic heterocycles. The van der Waals surface area contributed by atoms with Crippen LogP contribution in [-0.4, -0.2) is 49.7 Å². The first-order chi connectivity index (χ1) is 13.3. The Hall–Kier alpha value is -3.36. The average Bonchev–Trinajstić information content (AvgIpc) is 2.64. The number of carbonyl (C=O) groups excluding carboxylic acids is 4. The predicted octanol–water partition coefficient (Wildman–Crippen LogP) is 0.787. The van der Waals surface area contributed by atoms with E-state index in [2.05, 4.69) is 16.0 Å². The second kappa shape index (κ2) is 9.54. The lowest BCUT2D eigenvalue weighted by molar-refractivity contribution is -0.142. The fraction of sp³-hybridized carbons (Fsp3) is 0.368. The van der Waals surface area contributed by atoms with Crippen LogP contribution >= 0.6 is 0 Å². The van der Waals surface area contributed by atoms with Gasteiger partial charge < -0.3 is 25.4 Å². The summed E-state index contributed by atoms with van der Waals surface area (Å²) in [4.78, 5) is 47.8. The van der Waals surface area contributed by atoms with E-state index in [-0.39, 0.29) is 31.0 Å². The molecular weight excluding hydrogens is 366 g/mol. The van der Waals surface area contributed by atoms with Gasteiger partial charge >= 0.3 is 18.0 Å². The lowest BCUT2D eigenvalue weighted by Gasteiger charge is -2.26. The quantitative estimate of drug-likeness (QED) is 0.593. The van der Waals surface area contributed by atoms with Gasteiger partial charge in [-0.25, -0.2) is 9.59 Å². The maximum Gasteiger partial charge on any atom is 0.338 e. The number of nitrogens with one attached hydrogen (secondary N) is 3. The molecule has 150 valence electrons. The van der Waals surface area contributed by atoms with E-state index in [0.717, 1.165) is 5.56 Å². The van der Waals surface area contributed by atoms with Crippen LogP contribution in [0.1, 0.15) is 29.8 Å². The topological polar surface area (TPSA) is 123 Å². The van der Waals surface area contributed by atoms with Crippen molar-refractivity contribution in [3.05, 3.63) is 46.7 Å². The molecule has 0 saturated carbocycles. The van der Waals surface area contributed by atoms with E-state index in [1.165, 1.54) is 0 Å². The van der Waals surface area contributed by atoms with Crippen molar-refractivity contribution in [1.82, 2.24) is 16.0 Å². The third-order valence-electron chi connectivity index (χ3n) is 3.92. The second-order valence-corrected chi connectivity index (χ2v) is 6.15. The maximum absolute atomic E-state index is 12.1. The lowest BCUT2D eigenvalue weighted by Crippen LogP contribution is -2.50. The molecule has 1 heterocycles. The molecule has 0 fully saturated rings. The zero-order valence-corrected chi connectivity index (χ0v) is 16.0. The Kier molecular flexibility index (Phi) is 7.14. The van der Waals surface area contributed by atoms with Gasteiger partial charge in [-0.3, -0.25) is 9.59 Å². The summed E-state index contributed by atoms with van der Waals surface area (Å²) in [7, 11) is 0. The number of esters is 2. The van der Waals surface area contributed by atoms with Crippen molar-refractivity contribution in [2.75, 3.05) is 19.8 Å². The van der Waals surface area contributed by atoms with E-state index >= 15 is 0 Å². The van der Waals surface area contributed by atoms with Crippen LogP contribution < -0.4 is 16.0 Å². The molecule has 9 nitrogen and oxygen atoms in total. The number of amides is 3. The van der Waals surface area contributed by atoms with Crippen LogP contribution in [0.5, 0.6) is 0 Å². The molecule has 0 unspecified atom stereocenters. The monoisotopic (exact) mass is 389 g/mol. The molecule has 1 aromatic carbocycles. The van der Waals surface area contributed by atoms with E-state index in [1.807, 2.05) is 13.0 Å². The number of hydrogen-bond acceptors (Lipinski definition) is 6. The predicted molar refractivity (Wildman–Crippen MR) is 99.3 cm³/mol. The first kappa shape index (κ1) is 20.9. The van der Waals surface area contributed by atoms with Crippen molar-refractivity contribution < 1.29 is 28.7 Å². The Balaban J connectivity index is 1.95. The van der Waals surface area contributed by atoms with Gasteiger partial charge in [0.15, 0.2) is 0 Å². The summed E-state index contributed by atoms with van der Waals surface area (Å²) in [6.45, 7) is 4.63. The number of hydrogen-bond donors (Lipinski definition) is 3. The average molecular weight is 389 g/mol. The fourth-order valence-electron chi connectivity index (χ4n) is 2.64. The molecule has 0 radical (unpaired) electrons. The van der Waals surface area contributed by atoms with Gasteiger partial charge in [-0.2, -0.15) is 0 Å². The molecule has 1 aromatic rings. The summed E-state index contributed by atoms with van der Waals surface area (Å²) < 4.78 is 10.1. The molecule has 1 aliphatic rings. The highest BCUT2D eigenvalue weighted by Crippen LogP contribution is 2.14. The Labute approximate surface area is 162 Å². The van der Waals surface area contributed by atoms with Crippen molar-refractivity contribution in [3.8, 4) is 0 Å². The SMILES string of the molecule is CCOC(=O)C1=C(COC(=O)CNC(=O)c2cccc(C)c2)NC(=O)N[C@H]1C. The number of urea groups is 1. The Bertz CT molecular complexity index is 818. The van der Waals surface area contributed by atoms with Crippen LogP contribution in [0.4, 0.5) is 4.79 Å². The van der Waals surface area contributed by atoms with Crippen LogP contribution in [0.25, 0.3) is 0 Å². The zero-order valence-electron chi connectivity index (χ0n) is 16.0. The number of ether oxygens (including phenoxy) is 2. The molecule has 3 N–H and O–H groups in total. The van der Waals surface area contributed by atoms with Crippen LogP contribution in [0.15, 0.2) is 35.5 Å². The molecule has 0 saturated heterocycles. The number of benzene rings is 1. The number of rotatable bonds is 7. The molecule has 1 atom stereocenters. The number of aryl methyl sites for hydroxylation is 1. The number of carbonyl (C=O) groups is 4. The van der Waals surface area contributed by atoms with Gasteiger partial charge in [0, 0.05) is 5.56 Å². The van der Waals surface area contributed by atoms with E-state index in [1.54, 1.807) is 32.0 Å². The molecule has 1 aliphatic heterocycles. The molecule has 0 aliphatic carbocycles. The van der Waals surface area contributed by atoms with Crippen molar-refractivity contribution in [1.29, 1.82) is 0 Å². The van der Waals surface area contributed by atoms with E-state index < -0.39 is 29.9 Å². The summed E-state index contributed by atoms with van der Waals surface area (Å²) >= 11 is 0. The standard InChI is InChI=1S/C19H23N3O6/c1-4-27-18(25)16-12(3)21-19(26)22-14(16)10-28-15(23)9-20-17(24)13-7-5-6-11(2)8-13/h5-8,12H,4,9-10H2,1-3H3,(H,20,24)(H2,21,22,26)/t12-/m0/s1. The Morgan fingerprint density at radius 3 is 2.64 bits per heavy atom. The smallest absolute Gasteiger partial charge is 0.338 e. The van der Waals surface area contributed by atoms with Crippen molar-refractivity contribution in [2.24, 2.45) is 0 Å². The molecule has 3 amide bonds. The minimum atomic E-state index is -0.711. The maximum atomic E-state index is 12.1. The highest BCUT2D eigenvalue weighted by molar-refractivity contribution is 5.96. The third kappa shape index (κ3) is 5.57. The minimum absolute atomic E-state index is 0.146. The highest BCUT2D eigenvalue weighted by Gasteiger charge is 2.30. The summed E-state index contributed by atoms with van der Waals surface area (Å²) in [5, 5.41) is 7.46. The molecular formula is C19H23N3O6. The van der Waals surface area contributed by atoms with E-state index in [4.69, 9.17) is 9.47 Å². The molecule has 2 rings (SSSR count). The second-order valence-electron chi connectivity index (χ2n) is 6.15. The fourth-order valence-corrected chi connectivity index (χ4v) is 2.64. The first-order valence-corrected chi connectivity index (χ1v) is 8.80. The Morgan fingerprint density at radius 1 is 1.21 bits per heavy atom. The van der Waals surface area contributed by atoms with Gasteiger partial charge in [0.25, 0.3) is 5.91 Å². The normalized spacial score (nSPS) is 16.0.